The van der Waals surface area contributed by atoms with Gasteiger partial charge in [0.2, 0.25) is 0 Å². The molecule has 2 fully saturated rings. The van der Waals surface area contributed by atoms with E-state index >= 15 is 0 Å². The zero-order valence-electron chi connectivity index (χ0n) is 10.2. The van der Waals surface area contributed by atoms with E-state index in [9.17, 15) is 0 Å². The van der Waals surface area contributed by atoms with Crippen molar-refractivity contribution in [2.45, 2.75) is 45.1 Å². The lowest BCUT2D eigenvalue weighted by atomic mass is 9.84. The first kappa shape index (κ1) is 11.4. The van der Waals surface area contributed by atoms with Crippen LogP contribution in [-0.2, 0) is 4.74 Å². The van der Waals surface area contributed by atoms with E-state index < -0.39 is 0 Å². The molecular formula is C13H25NO. The van der Waals surface area contributed by atoms with Crippen molar-refractivity contribution in [2.75, 3.05) is 20.3 Å². The first-order chi connectivity index (χ1) is 7.31. The minimum atomic E-state index is 0.720. The van der Waals surface area contributed by atoms with Gasteiger partial charge in [-0.05, 0) is 56.9 Å². The summed E-state index contributed by atoms with van der Waals surface area (Å²) in [5.41, 5.74) is 0. The predicted molar refractivity (Wildman–Crippen MR) is 62.9 cm³/mol. The Balaban J connectivity index is 1.65. The van der Waals surface area contributed by atoms with Crippen molar-refractivity contribution in [3.05, 3.63) is 0 Å². The van der Waals surface area contributed by atoms with Crippen molar-refractivity contribution in [3.63, 3.8) is 0 Å². The van der Waals surface area contributed by atoms with Gasteiger partial charge in [-0.25, -0.2) is 0 Å². The number of nitrogens with one attached hydrogen (secondary N) is 1. The number of ether oxygens (including phenoxy) is 1. The molecule has 4 atom stereocenters. The van der Waals surface area contributed by atoms with E-state index in [0.717, 1.165) is 43.4 Å². The van der Waals surface area contributed by atoms with Crippen molar-refractivity contribution in [1.82, 2.24) is 5.32 Å². The van der Waals surface area contributed by atoms with Gasteiger partial charge in [-0.15, -0.1) is 0 Å². The predicted octanol–water partition coefficient (Wildman–Crippen LogP) is 2.44. The van der Waals surface area contributed by atoms with Crippen LogP contribution in [0.2, 0.25) is 0 Å². The second-order valence-electron chi connectivity index (χ2n) is 5.43. The summed E-state index contributed by atoms with van der Waals surface area (Å²) in [4.78, 5) is 0. The van der Waals surface area contributed by atoms with E-state index in [1.165, 1.54) is 25.7 Å². The van der Waals surface area contributed by atoms with Crippen LogP contribution in [0.5, 0.6) is 0 Å². The molecule has 2 aliphatic rings. The molecule has 0 saturated heterocycles. The lowest BCUT2D eigenvalue weighted by Gasteiger charge is -2.28. The molecule has 0 heterocycles. The Labute approximate surface area is 93.8 Å². The Bertz CT molecular complexity index is 195. The number of fused-ring (bicyclic) bond motifs is 2. The third-order valence-corrected chi connectivity index (χ3v) is 4.43. The average molecular weight is 211 g/mol. The maximum absolute atomic E-state index is 5.06. The second-order valence-corrected chi connectivity index (χ2v) is 5.43. The van der Waals surface area contributed by atoms with Gasteiger partial charge in [0.05, 0.1) is 0 Å². The molecule has 0 radical (unpaired) electrons. The summed E-state index contributed by atoms with van der Waals surface area (Å²) in [5.74, 6) is 3.08. The lowest BCUT2D eigenvalue weighted by Crippen LogP contribution is -2.37. The van der Waals surface area contributed by atoms with Gasteiger partial charge in [-0.2, -0.15) is 0 Å². The van der Waals surface area contributed by atoms with Crippen LogP contribution in [0.3, 0.4) is 0 Å². The Hall–Kier alpha value is -0.0800. The quantitative estimate of drug-likeness (QED) is 0.681. The van der Waals surface area contributed by atoms with Crippen LogP contribution in [0.15, 0.2) is 0 Å². The fourth-order valence-corrected chi connectivity index (χ4v) is 3.60. The van der Waals surface area contributed by atoms with Crippen molar-refractivity contribution < 1.29 is 4.74 Å². The van der Waals surface area contributed by atoms with Gasteiger partial charge < -0.3 is 10.1 Å². The standard InChI is InChI=1S/C13H25NO/c1-10(14-6-3-7-15-2)13-9-11-4-5-12(13)8-11/h10-14H,3-9H2,1-2H3. The van der Waals surface area contributed by atoms with E-state index in [0.29, 0.717) is 0 Å². The summed E-state index contributed by atoms with van der Waals surface area (Å²) in [7, 11) is 1.78. The Morgan fingerprint density at radius 3 is 2.80 bits per heavy atom. The molecule has 0 spiro atoms. The van der Waals surface area contributed by atoms with Crippen molar-refractivity contribution in [1.29, 1.82) is 0 Å². The SMILES string of the molecule is COCCCNC(C)C1CC2CCC1C2. The maximum atomic E-state index is 5.06. The van der Waals surface area contributed by atoms with Gasteiger partial charge in [0.1, 0.15) is 0 Å². The highest BCUT2D eigenvalue weighted by molar-refractivity contribution is 4.93. The molecule has 0 aromatic rings. The van der Waals surface area contributed by atoms with Crippen molar-refractivity contribution >= 4 is 0 Å². The van der Waals surface area contributed by atoms with E-state index in [-0.39, 0.29) is 0 Å². The third-order valence-electron chi connectivity index (χ3n) is 4.43. The molecule has 2 bridgehead atoms. The fourth-order valence-electron chi connectivity index (χ4n) is 3.60. The maximum Gasteiger partial charge on any atom is 0.0474 e. The van der Waals surface area contributed by atoms with Gasteiger partial charge in [-0.1, -0.05) is 6.42 Å². The topological polar surface area (TPSA) is 21.3 Å². The molecule has 0 aromatic heterocycles. The monoisotopic (exact) mass is 211 g/mol. The largest absolute Gasteiger partial charge is 0.385 e. The number of hydrogen-bond donors (Lipinski definition) is 1. The molecule has 2 saturated carbocycles. The summed E-state index contributed by atoms with van der Waals surface area (Å²) in [6, 6.07) is 0.720. The normalized spacial score (nSPS) is 36.0. The lowest BCUT2D eigenvalue weighted by molar-refractivity contribution is 0.189. The summed E-state index contributed by atoms with van der Waals surface area (Å²) >= 11 is 0. The van der Waals surface area contributed by atoms with Crippen LogP contribution >= 0.6 is 0 Å². The molecule has 0 aromatic carbocycles. The Morgan fingerprint density at radius 2 is 2.20 bits per heavy atom. The Kier molecular flexibility index (Phi) is 4.04. The number of hydrogen-bond acceptors (Lipinski definition) is 2. The molecule has 88 valence electrons. The fraction of sp³-hybridized carbons (Fsp3) is 1.00. The van der Waals surface area contributed by atoms with Gasteiger partial charge >= 0.3 is 0 Å². The Morgan fingerprint density at radius 1 is 1.33 bits per heavy atom. The third kappa shape index (κ3) is 2.73. The van der Waals surface area contributed by atoms with Crippen LogP contribution in [0.1, 0.15) is 39.0 Å². The summed E-state index contributed by atoms with van der Waals surface area (Å²) in [6.45, 7) is 4.37. The molecule has 2 aliphatic carbocycles. The van der Waals surface area contributed by atoms with Crippen LogP contribution in [-0.4, -0.2) is 26.3 Å². The summed E-state index contributed by atoms with van der Waals surface area (Å²) in [5, 5.41) is 3.66. The van der Waals surface area contributed by atoms with Gasteiger partial charge in [-0.3, -0.25) is 0 Å². The minimum absolute atomic E-state index is 0.720. The molecule has 0 aliphatic heterocycles. The highest BCUT2D eigenvalue weighted by atomic mass is 16.5. The van der Waals surface area contributed by atoms with E-state index in [4.69, 9.17) is 4.74 Å². The molecule has 4 unspecified atom stereocenters. The molecule has 0 amide bonds. The highest BCUT2D eigenvalue weighted by Gasteiger charge is 2.41. The van der Waals surface area contributed by atoms with Gasteiger partial charge in [0, 0.05) is 19.8 Å². The van der Waals surface area contributed by atoms with Crippen LogP contribution in [0.25, 0.3) is 0 Å². The molecule has 2 heteroatoms. The zero-order chi connectivity index (χ0) is 10.7. The van der Waals surface area contributed by atoms with E-state index in [1.54, 1.807) is 7.11 Å². The highest BCUT2D eigenvalue weighted by Crippen LogP contribution is 2.49. The number of methoxy groups -OCH3 is 1. The molecule has 1 N–H and O–H groups in total. The smallest absolute Gasteiger partial charge is 0.0474 e. The van der Waals surface area contributed by atoms with Gasteiger partial charge in [0.15, 0.2) is 0 Å². The molecule has 2 nitrogen and oxygen atoms in total. The first-order valence-electron chi connectivity index (χ1n) is 6.53. The van der Waals surface area contributed by atoms with Crippen LogP contribution in [0.4, 0.5) is 0 Å². The first-order valence-corrected chi connectivity index (χ1v) is 6.53. The molecule has 2 rings (SSSR count). The van der Waals surface area contributed by atoms with Crippen molar-refractivity contribution in [3.8, 4) is 0 Å². The average Bonchev–Trinajstić information content (AvgIpc) is 2.85. The van der Waals surface area contributed by atoms with E-state index in [1.807, 2.05) is 0 Å². The second kappa shape index (κ2) is 5.31. The van der Waals surface area contributed by atoms with Crippen LogP contribution < -0.4 is 5.32 Å². The zero-order valence-corrected chi connectivity index (χ0v) is 10.2. The van der Waals surface area contributed by atoms with E-state index in [2.05, 4.69) is 12.2 Å². The van der Waals surface area contributed by atoms with Crippen LogP contribution in [0, 0.1) is 17.8 Å². The van der Waals surface area contributed by atoms with Crippen molar-refractivity contribution in [2.24, 2.45) is 17.8 Å². The minimum Gasteiger partial charge on any atom is -0.385 e. The number of rotatable bonds is 6. The summed E-state index contributed by atoms with van der Waals surface area (Å²) < 4.78 is 5.06. The molecule has 15 heavy (non-hydrogen) atoms. The summed E-state index contributed by atoms with van der Waals surface area (Å²) in [6.07, 6.45) is 7.16. The van der Waals surface area contributed by atoms with Gasteiger partial charge in [0.25, 0.3) is 0 Å². The molecular weight excluding hydrogens is 186 g/mol.